The molecule has 0 saturated heterocycles. The number of aliphatic hydroxyl groups is 1. The van der Waals surface area contributed by atoms with E-state index >= 15 is 0 Å². The summed E-state index contributed by atoms with van der Waals surface area (Å²) in [6, 6.07) is 14.4. The monoisotopic (exact) mass is 564 g/mol. The number of anilines is 1. The van der Waals surface area contributed by atoms with E-state index in [2.05, 4.69) is 39.4 Å². The summed E-state index contributed by atoms with van der Waals surface area (Å²) in [6.45, 7) is 5.59. The molecular formula is C27H24N4O4S3. The van der Waals surface area contributed by atoms with Crippen LogP contribution in [-0.2, 0) is 10.5 Å². The average Bonchev–Trinajstić information content (AvgIpc) is 3.59. The third-order valence-electron chi connectivity index (χ3n) is 6.06. The Labute approximate surface area is 232 Å². The number of aryl methyl sites for hydroxylation is 3. The topological polar surface area (TPSA) is 106 Å². The van der Waals surface area contributed by atoms with E-state index in [4.69, 9.17) is 4.74 Å². The Morgan fingerprint density at radius 1 is 1.11 bits per heavy atom. The number of benzene rings is 2. The Kier molecular flexibility index (Phi) is 7.33. The zero-order valence-electron chi connectivity index (χ0n) is 21.1. The lowest BCUT2D eigenvalue weighted by Gasteiger charge is -2.24. The van der Waals surface area contributed by atoms with Crippen molar-refractivity contribution in [3.63, 3.8) is 0 Å². The zero-order valence-corrected chi connectivity index (χ0v) is 23.5. The maximum absolute atomic E-state index is 13.7. The van der Waals surface area contributed by atoms with E-state index in [0.717, 1.165) is 10.6 Å². The van der Waals surface area contributed by atoms with Crippen molar-refractivity contribution in [2.24, 2.45) is 0 Å². The molecule has 8 nitrogen and oxygen atoms in total. The number of aromatic nitrogens is 3. The Balaban J connectivity index is 1.52. The summed E-state index contributed by atoms with van der Waals surface area (Å²) in [5, 5.41) is 20.6. The average molecular weight is 565 g/mol. The fraction of sp³-hybridized carbons (Fsp3) is 0.222. The van der Waals surface area contributed by atoms with Gasteiger partial charge in [0.05, 0.1) is 34.3 Å². The number of thioether (sulfide) groups is 1. The van der Waals surface area contributed by atoms with E-state index < -0.39 is 23.5 Å². The van der Waals surface area contributed by atoms with Gasteiger partial charge in [-0.15, -0.1) is 21.5 Å². The van der Waals surface area contributed by atoms with Crippen molar-refractivity contribution in [3.05, 3.63) is 92.1 Å². The fourth-order valence-corrected chi connectivity index (χ4v) is 6.91. The molecule has 1 atom stereocenters. The maximum Gasteiger partial charge on any atom is 0.296 e. The third kappa shape index (κ3) is 4.96. The predicted molar refractivity (Wildman–Crippen MR) is 149 cm³/mol. The van der Waals surface area contributed by atoms with Gasteiger partial charge in [-0.2, -0.15) is 0 Å². The minimum atomic E-state index is -0.908. The molecule has 38 heavy (non-hydrogen) atoms. The normalized spacial score (nSPS) is 15.4. The van der Waals surface area contributed by atoms with Crippen LogP contribution in [0.5, 0.6) is 5.75 Å². The first-order valence-electron chi connectivity index (χ1n) is 11.7. The first-order valence-corrected chi connectivity index (χ1v) is 14.3. The number of methoxy groups -OCH3 is 1. The van der Waals surface area contributed by atoms with Crippen LogP contribution in [-0.4, -0.2) is 39.1 Å². The Hall–Kier alpha value is -3.54. The third-order valence-corrected chi connectivity index (χ3v) is 9.26. The summed E-state index contributed by atoms with van der Waals surface area (Å²) in [5.41, 5.74) is 3.48. The Bertz CT molecular complexity index is 1560. The highest BCUT2D eigenvalue weighted by atomic mass is 32.2. The number of ether oxygens (including phenoxy) is 1. The second-order valence-corrected chi connectivity index (χ2v) is 12.1. The molecular weight excluding hydrogens is 541 g/mol. The molecule has 11 heteroatoms. The van der Waals surface area contributed by atoms with Crippen molar-refractivity contribution in [2.75, 3.05) is 12.0 Å². The quantitative estimate of drug-likeness (QED) is 0.158. The van der Waals surface area contributed by atoms with Crippen LogP contribution < -0.4 is 9.64 Å². The molecule has 3 heterocycles. The van der Waals surface area contributed by atoms with Crippen molar-refractivity contribution in [1.82, 2.24) is 15.2 Å². The van der Waals surface area contributed by atoms with E-state index in [0.29, 0.717) is 37.1 Å². The Morgan fingerprint density at radius 2 is 1.87 bits per heavy atom. The summed E-state index contributed by atoms with van der Waals surface area (Å²) in [5.74, 6) is -0.486. The van der Waals surface area contributed by atoms with Crippen molar-refractivity contribution in [3.8, 4) is 5.75 Å². The molecule has 0 bridgehead atoms. The highest BCUT2D eigenvalue weighted by molar-refractivity contribution is 8.00. The number of carbonyl (C=O) groups is 2. The number of Topliss-reactive ketones (excluding diaryl/α,β-unsaturated/α-hetero) is 1. The minimum absolute atomic E-state index is 0.0148. The molecule has 4 aromatic rings. The van der Waals surface area contributed by atoms with E-state index in [-0.39, 0.29) is 5.57 Å². The fourth-order valence-electron chi connectivity index (χ4n) is 4.21. The lowest BCUT2D eigenvalue weighted by Crippen LogP contribution is -2.31. The number of hydrogen-bond acceptors (Lipinski definition) is 10. The van der Waals surface area contributed by atoms with Gasteiger partial charge in [0.2, 0.25) is 10.9 Å². The van der Waals surface area contributed by atoms with Crippen molar-refractivity contribution in [1.29, 1.82) is 0 Å². The molecule has 2 aromatic carbocycles. The molecule has 194 valence electrons. The number of hydrogen-bond donors (Lipinski definition) is 1. The van der Waals surface area contributed by atoms with Crippen LogP contribution in [0.1, 0.15) is 43.1 Å². The summed E-state index contributed by atoms with van der Waals surface area (Å²) in [7, 11) is 1.54. The molecule has 1 aliphatic heterocycles. The maximum atomic E-state index is 13.7. The number of aliphatic hydroxyl groups excluding tert-OH is 1. The number of nitrogens with zero attached hydrogens (tertiary/aromatic N) is 4. The van der Waals surface area contributed by atoms with E-state index in [9.17, 15) is 14.7 Å². The van der Waals surface area contributed by atoms with Gasteiger partial charge >= 0.3 is 0 Å². The number of rotatable bonds is 8. The largest absolute Gasteiger partial charge is 0.503 e. The van der Waals surface area contributed by atoms with Crippen LogP contribution in [0.15, 0.2) is 64.2 Å². The molecule has 1 unspecified atom stereocenters. The van der Waals surface area contributed by atoms with Crippen LogP contribution in [0.25, 0.3) is 0 Å². The van der Waals surface area contributed by atoms with Gasteiger partial charge in [0.25, 0.3) is 5.91 Å². The molecule has 1 amide bonds. The standard InChI is InChI=1S/C27H24N4O4S3/c1-14-8-10-17(11-9-14)13-36-27-30-29-26(38-27)31-21(18-6-5-7-19(12-18)35-4)20(23(33)25(31)34)22(32)24-15(2)28-16(3)37-24/h5-12,21,33H,13H2,1-4H3. The van der Waals surface area contributed by atoms with Gasteiger partial charge in [0.1, 0.15) is 5.75 Å². The van der Waals surface area contributed by atoms with Crippen molar-refractivity contribution < 1.29 is 19.4 Å². The van der Waals surface area contributed by atoms with Crippen LogP contribution in [0.3, 0.4) is 0 Å². The molecule has 0 spiro atoms. The van der Waals surface area contributed by atoms with Crippen LogP contribution in [0, 0.1) is 20.8 Å². The van der Waals surface area contributed by atoms with E-state index in [1.54, 1.807) is 38.3 Å². The lowest BCUT2D eigenvalue weighted by molar-refractivity contribution is -0.117. The second kappa shape index (κ2) is 10.7. The minimum Gasteiger partial charge on any atom is -0.503 e. The SMILES string of the molecule is COc1cccc(C2C(C(=O)c3sc(C)nc3C)=C(O)C(=O)N2c2nnc(SCc3ccc(C)cc3)s2)c1. The number of ketones is 1. The van der Waals surface area contributed by atoms with E-state index in [1.807, 2.05) is 13.8 Å². The van der Waals surface area contributed by atoms with E-state index in [1.165, 1.54) is 44.9 Å². The van der Waals surface area contributed by atoms with Crippen LogP contribution >= 0.6 is 34.4 Å². The second-order valence-electron chi connectivity index (χ2n) is 8.72. The molecule has 2 aromatic heterocycles. The molecule has 0 saturated carbocycles. The molecule has 5 rings (SSSR count). The summed E-state index contributed by atoms with van der Waals surface area (Å²) in [6.07, 6.45) is 0. The van der Waals surface area contributed by atoms with Gasteiger partial charge < -0.3 is 9.84 Å². The molecule has 0 fully saturated rings. The van der Waals surface area contributed by atoms with Crippen molar-refractivity contribution >= 4 is 51.3 Å². The summed E-state index contributed by atoms with van der Waals surface area (Å²) < 4.78 is 6.07. The Morgan fingerprint density at radius 3 is 2.55 bits per heavy atom. The first-order chi connectivity index (χ1) is 18.3. The smallest absolute Gasteiger partial charge is 0.296 e. The van der Waals surface area contributed by atoms with Crippen molar-refractivity contribution in [2.45, 2.75) is 36.9 Å². The molecule has 0 aliphatic carbocycles. The lowest BCUT2D eigenvalue weighted by atomic mass is 9.95. The van der Waals surface area contributed by atoms with Crippen LogP contribution in [0.4, 0.5) is 5.13 Å². The summed E-state index contributed by atoms with van der Waals surface area (Å²) in [4.78, 5) is 33.3. The highest BCUT2D eigenvalue weighted by Gasteiger charge is 2.46. The summed E-state index contributed by atoms with van der Waals surface area (Å²) >= 11 is 3.98. The zero-order chi connectivity index (χ0) is 27.0. The molecule has 0 radical (unpaired) electrons. The molecule has 1 N–H and O–H groups in total. The predicted octanol–water partition coefficient (Wildman–Crippen LogP) is 6.00. The number of thiazole rings is 1. The first kappa shape index (κ1) is 26.1. The number of carbonyl (C=O) groups excluding carboxylic acids is 2. The van der Waals surface area contributed by atoms with Crippen LogP contribution in [0.2, 0.25) is 0 Å². The molecule has 1 aliphatic rings. The highest BCUT2D eigenvalue weighted by Crippen LogP contribution is 2.45. The van der Waals surface area contributed by atoms with Gasteiger partial charge in [0, 0.05) is 5.75 Å². The van der Waals surface area contributed by atoms with Gasteiger partial charge in [0.15, 0.2) is 10.1 Å². The van der Waals surface area contributed by atoms with Gasteiger partial charge in [-0.05, 0) is 44.0 Å². The number of amides is 1. The van der Waals surface area contributed by atoms with Gasteiger partial charge in [-0.3, -0.25) is 14.5 Å². The van der Waals surface area contributed by atoms with Gasteiger partial charge in [-0.25, -0.2) is 4.98 Å². The van der Waals surface area contributed by atoms with Gasteiger partial charge in [-0.1, -0.05) is 65.1 Å².